The minimum absolute atomic E-state index is 0.0255. The average Bonchev–Trinajstić information content (AvgIpc) is 2.37. The van der Waals surface area contributed by atoms with Gasteiger partial charge < -0.3 is 11.1 Å². The lowest BCUT2D eigenvalue weighted by Gasteiger charge is -2.16. The van der Waals surface area contributed by atoms with Crippen LogP contribution in [0.25, 0.3) is 0 Å². The molecule has 112 valence electrons. The second kappa shape index (κ2) is 8.69. The molecule has 0 aliphatic heterocycles. The van der Waals surface area contributed by atoms with Crippen molar-refractivity contribution in [2.75, 3.05) is 13.1 Å². The number of halogens is 1. The molecule has 1 aromatic rings. The molecular formula is C16H25FN2O. The largest absolute Gasteiger partial charge is 0.356 e. The molecule has 0 saturated carbocycles. The van der Waals surface area contributed by atoms with Gasteiger partial charge in [-0.1, -0.05) is 26.0 Å². The Kier molecular flexibility index (Phi) is 7.23. The Labute approximate surface area is 120 Å². The summed E-state index contributed by atoms with van der Waals surface area (Å²) in [4.78, 5) is 11.8. The highest BCUT2D eigenvalue weighted by Crippen LogP contribution is 2.14. The Balaban J connectivity index is 2.29. The molecule has 0 aromatic heterocycles. The monoisotopic (exact) mass is 280 g/mol. The third-order valence-electron chi connectivity index (χ3n) is 3.24. The Hall–Kier alpha value is -1.42. The van der Waals surface area contributed by atoms with E-state index in [1.807, 2.05) is 6.07 Å². The SMILES string of the molecule is CC(C)C[C@H](CN)CC(=O)NCCc1cccc(F)c1. The Bertz CT molecular complexity index is 421. The van der Waals surface area contributed by atoms with Gasteiger partial charge in [0.2, 0.25) is 5.91 Å². The zero-order chi connectivity index (χ0) is 15.0. The van der Waals surface area contributed by atoms with Crippen LogP contribution >= 0.6 is 0 Å². The number of benzene rings is 1. The van der Waals surface area contributed by atoms with Gasteiger partial charge in [0.15, 0.2) is 0 Å². The van der Waals surface area contributed by atoms with Crippen LogP contribution in [0.1, 0.15) is 32.3 Å². The van der Waals surface area contributed by atoms with Gasteiger partial charge >= 0.3 is 0 Å². The summed E-state index contributed by atoms with van der Waals surface area (Å²) in [5.41, 5.74) is 6.58. The summed E-state index contributed by atoms with van der Waals surface area (Å²) in [5.74, 6) is 0.569. The van der Waals surface area contributed by atoms with Gasteiger partial charge in [0.25, 0.3) is 0 Å². The molecule has 20 heavy (non-hydrogen) atoms. The lowest BCUT2D eigenvalue weighted by Crippen LogP contribution is -2.30. The summed E-state index contributed by atoms with van der Waals surface area (Å²) in [6.07, 6.45) is 2.08. The van der Waals surface area contributed by atoms with Gasteiger partial charge in [-0.2, -0.15) is 0 Å². The smallest absolute Gasteiger partial charge is 0.220 e. The van der Waals surface area contributed by atoms with E-state index in [0.29, 0.717) is 31.8 Å². The summed E-state index contributed by atoms with van der Waals surface area (Å²) >= 11 is 0. The van der Waals surface area contributed by atoms with Crippen molar-refractivity contribution in [1.82, 2.24) is 5.32 Å². The quantitative estimate of drug-likeness (QED) is 0.768. The fourth-order valence-electron chi connectivity index (χ4n) is 2.30. The summed E-state index contributed by atoms with van der Waals surface area (Å²) < 4.78 is 13.0. The molecule has 0 aliphatic carbocycles. The molecule has 0 fully saturated rings. The fraction of sp³-hybridized carbons (Fsp3) is 0.562. The molecule has 0 heterocycles. The van der Waals surface area contributed by atoms with Crippen molar-refractivity contribution in [1.29, 1.82) is 0 Å². The molecular weight excluding hydrogens is 255 g/mol. The van der Waals surface area contributed by atoms with E-state index in [0.717, 1.165) is 12.0 Å². The van der Waals surface area contributed by atoms with Gasteiger partial charge in [0, 0.05) is 13.0 Å². The molecule has 0 spiro atoms. The number of hydrogen-bond acceptors (Lipinski definition) is 2. The Morgan fingerprint density at radius 2 is 2.15 bits per heavy atom. The van der Waals surface area contributed by atoms with E-state index in [9.17, 15) is 9.18 Å². The predicted octanol–water partition coefficient (Wildman–Crippen LogP) is 2.50. The first-order valence-electron chi connectivity index (χ1n) is 7.22. The van der Waals surface area contributed by atoms with E-state index in [1.54, 1.807) is 6.07 Å². The molecule has 0 bridgehead atoms. The second-order valence-electron chi connectivity index (χ2n) is 5.67. The summed E-state index contributed by atoms with van der Waals surface area (Å²) in [6, 6.07) is 6.45. The fourth-order valence-corrected chi connectivity index (χ4v) is 2.30. The Morgan fingerprint density at radius 1 is 1.40 bits per heavy atom. The van der Waals surface area contributed by atoms with Crippen LogP contribution < -0.4 is 11.1 Å². The topological polar surface area (TPSA) is 55.1 Å². The van der Waals surface area contributed by atoms with Crippen LogP contribution in [0.4, 0.5) is 4.39 Å². The number of carbonyl (C=O) groups excluding carboxylic acids is 1. The van der Waals surface area contributed by atoms with E-state index in [1.165, 1.54) is 12.1 Å². The summed E-state index contributed by atoms with van der Waals surface area (Å²) in [6.45, 7) is 5.33. The lowest BCUT2D eigenvalue weighted by atomic mass is 9.94. The highest BCUT2D eigenvalue weighted by molar-refractivity contribution is 5.76. The number of rotatable bonds is 8. The maximum absolute atomic E-state index is 13.0. The average molecular weight is 280 g/mol. The van der Waals surface area contributed by atoms with Gasteiger partial charge in [0.1, 0.15) is 5.82 Å². The molecule has 0 saturated heterocycles. The van der Waals surface area contributed by atoms with Crippen molar-refractivity contribution in [3.63, 3.8) is 0 Å². The van der Waals surface area contributed by atoms with E-state index in [4.69, 9.17) is 5.73 Å². The summed E-state index contributed by atoms with van der Waals surface area (Å²) in [7, 11) is 0. The van der Waals surface area contributed by atoms with Crippen molar-refractivity contribution in [3.8, 4) is 0 Å². The number of nitrogens with two attached hydrogens (primary N) is 1. The summed E-state index contributed by atoms with van der Waals surface area (Å²) in [5, 5.41) is 2.87. The van der Waals surface area contributed by atoms with E-state index in [2.05, 4.69) is 19.2 Å². The molecule has 1 rings (SSSR count). The molecule has 1 aromatic carbocycles. The van der Waals surface area contributed by atoms with Crippen molar-refractivity contribution in [2.45, 2.75) is 33.1 Å². The standard InChI is InChI=1S/C16H25FN2O/c1-12(2)8-14(11-18)10-16(20)19-7-6-13-4-3-5-15(17)9-13/h3-5,9,12,14H,6-8,10-11,18H2,1-2H3,(H,19,20)/t14-/m0/s1. The van der Waals surface area contributed by atoms with Crippen LogP contribution in [0.3, 0.4) is 0 Å². The van der Waals surface area contributed by atoms with Gasteiger partial charge in [-0.15, -0.1) is 0 Å². The van der Waals surface area contributed by atoms with Gasteiger partial charge in [-0.3, -0.25) is 4.79 Å². The predicted molar refractivity (Wildman–Crippen MR) is 79.7 cm³/mol. The van der Waals surface area contributed by atoms with E-state index < -0.39 is 0 Å². The van der Waals surface area contributed by atoms with Gasteiger partial charge in [0.05, 0.1) is 0 Å². The maximum Gasteiger partial charge on any atom is 0.220 e. The van der Waals surface area contributed by atoms with E-state index in [-0.39, 0.29) is 17.6 Å². The van der Waals surface area contributed by atoms with Crippen LogP contribution in [0.2, 0.25) is 0 Å². The molecule has 1 amide bonds. The number of amides is 1. The first-order chi connectivity index (χ1) is 9.51. The van der Waals surface area contributed by atoms with Gasteiger partial charge in [-0.25, -0.2) is 4.39 Å². The third kappa shape index (κ3) is 6.66. The van der Waals surface area contributed by atoms with Gasteiger partial charge in [-0.05, 0) is 48.9 Å². The maximum atomic E-state index is 13.0. The van der Waals surface area contributed by atoms with Crippen molar-refractivity contribution in [2.24, 2.45) is 17.6 Å². The zero-order valence-corrected chi connectivity index (χ0v) is 12.4. The minimum atomic E-state index is -0.242. The van der Waals surface area contributed by atoms with Crippen LogP contribution in [-0.2, 0) is 11.2 Å². The Morgan fingerprint density at radius 3 is 2.75 bits per heavy atom. The molecule has 0 radical (unpaired) electrons. The molecule has 0 unspecified atom stereocenters. The van der Waals surface area contributed by atoms with Crippen LogP contribution in [0, 0.1) is 17.7 Å². The second-order valence-corrected chi connectivity index (χ2v) is 5.67. The third-order valence-corrected chi connectivity index (χ3v) is 3.24. The normalized spacial score (nSPS) is 12.4. The van der Waals surface area contributed by atoms with E-state index >= 15 is 0 Å². The molecule has 4 heteroatoms. The van der Waals surface area contributed by atoms with Crippen LogP contribution in [0.5, 0.6) is 0 Å². The first-order valence-corrected chi connectivity index (χ1v) is 7.22. The van der Waals surface area contributed by atoms with Crippen molar-refractivity contribution in [3.05, 3.63) is 35.6 Å². The molecule has 3 N–H and O–H groups in total. The minimum Gasteiger partial charge on any atom is -0.356 e. The molecule has 0 aliphatic rings. The lowest BCUT2D eigenvalue weighted by molar-refractivity contribution is -0.122. The highest BCUT2D eigenvalue weighted by atomic mass is 19.1. The van der Waals surface area contributed by atoms with Crippen LogP contribution in [-0.4, -0.2) is 19.0 Å². The van der Waals surface area contributed by atoms with Crippen LogP contribution in [0.15, 0.2) is 24.3 Å². The number of carbonyl (C=O) groups is 1. The zero-order valence-electron chi connectivity index (χ0n) is 12.4. The first kappa shape index (κ1) is 16.6. The van der Waals surface area contributed by atoms with Crippen molar-refractivity contribution >= 4 is 5.91 Å². The number of hydrogen-bond donors (Lipinski definition) is 2. The van der Waals surface area contributed by atoms with Crippen molar-refractivity contribution < 1.29 is 9.18 Å². The molecule has 3 nitrogen and oxygen atoms in total. The molecule has 1 atom stereocenters. The number of nitrogens with one attached hydrogen (secondary N) is 1. The highest BCUT2D eigenvalue weighted by Gasteiger charge is 2.13.